The van der Waals surface area contributed by atoms with Crippen LogP contribution in [0.5, 0.6) is 0 Å². The summed E-state index contributed by atoms with van der Waals surface area (Å²) in [4.78, 5) is 17.0. The molecule has 2 rings (SSSR count). The van der Waals surface area contributed by atoms with Crippen molar-refractivity contribution in [3.05, 3.63) is 0 Å². The Bertz CT molecular complexity index is 295. The van der Waals surface area contributed by atoms with Gasteiger partial charge in [-0.2, -0.15) is 0 Å². The zero-order chi connectivity index (χ0) is 13.3. The second kappa shape index (κ2) is 5.57. The number of nitrogens with one attached hydrogen (secondary N) is 1. The van der Waals surface area contributed by atoms with E-state index >= 15 is 0 Å². The van der Waals surface area contributed by atoms with Crippen molar-refractivity contribution < 1.29 is 4.79 Å². The molecule has 0 aromatic rings. The molecule has 18 heavy (non-hydrogen) atoms. The van der Waals surface area contributed by atoms with Crippen LogP contribution < -0.4 is 5.32 Å². The van der Waals surface area contributed by atoms with Gasteiger partial charge < -0.3 is 10.2 Å². The quantitative estimate of drug-likeness (QED) is 0.755. The molecular weight excluding hydrogens is 226 g/mol. The van der Waals surface area contributed by atoms with Gasteiger partial charge in [0.2, 0.25) is 5.91 Å². The fourth-order valence-electron chi connectivity index (χ4n) is 3.20. The molecule has 0 saturated carbocycles. The third-order valence-corrected chi connectivity index (χ3v) is 4.64. The normalized spacial score (nSPS) is 38.8. The van der Waals surface area contributed by atoms with Crippen LogP contribution in [-0.2, 0) is 4.79 Å². The van der Waals surface area contributed by atoms with E-state index in [-0.39, 0.29) is 5.92 Å². The summed E-state index contributed by atoms with van der Waals surface area (Å²) < 4.78 is 0. The highest BCUT2D eigenvalue weighted by molar-refractivity contribution is 5.79. The van der Waals surface area contributed by atoms with Crippen LogP contribution in [0.1, 0.15) is 33.6 Å². The fourth-order valence-corrected chi connectivity index (χ4v) is 3.20. The third-order valence-electron chi connectivity index (χ3n) is 4.64. The number of likely N-dealkylation sites (N-methyl/N-ethyl adjacent to an activating group) is 1. The monoisotopic (exact) mass is 253 g/mol. The lowest BCUT2D eigenvalue weighted by Gasteiger charge is -2.44. The summed E-state index contributed by atoms with van der Waals surface area (Å²) in [6.45, 7) is 9.35. The molecular formula is C14H27N3O. The van der Waals surface area contributed by atoms with Crippen LogP contribution in [0, 0.1) is 5.92 Å². The van der Waals surface area contributed by atoms with E-state index in [2.05, 4.69) is 42.9 Å². The van der Waals surface area contributed by atoms with Gasteiger partial charge in [-0.3, -0.25) is 9.69 Å². The summed E-state index contributed by atoms with van der Waals surface area (Å²) in [5.41, 5.74) is 0. The molecule has 0 aromatic heterocycles. The lowest BCUT2D eigenvalue weighted by Crippen LogP contribution is -2.58. The number of hydrogen-bond acceptors (Lipinski definition) is 3. The van der Waals surface area contributed by atoms with Crippen molar-refractivity contribution in [1.82, 2.24) is 15.1 Å². The first-order valence-electron chi connectivity index (χ1n) is 7.23. The number of rotatable bonds is 1. The molecule has 104 valence electrons. The van der Waals surface area contributed by atoms with Gasteiger partial charge in [-0.05, 0) is 47.2 Å². The average molecular weight is 253 g/mol. The van der Waals surface area contributed by atoms with E-state index in [9.17, 15) is 4.79 Å². The molecule has 4 nitrogen and oxygen atoms in total. The van der Waals surface area contributed by atoms with E-state index < -0.39 is 0 Å². The van der Waals surface area contributed by atoms with Crippen molar-refractivity contribution in [2.75, 3.05) is 26.7 Å². The van der Waals surface area contributed by atoms with Crippen molar-refractivity contribution in [3.8, 4) is 0 Å². The molecule has 2 aliphatic heterocycles. The van der Waals surface area contributed by atoms with Gasteiger partial charge >= 0.3 is 0 Å². The van der Waals surface area contributed by atoms with Crippen molar-refractivity contribution in [3.63, 3.8) is 0 Å². The summed E-state index contributed by atoms with van der Waals surface area (Å²) in [6, 6.07) is 1.42. The first-order chi connectivity index (χ1) is 8.49. The topological polar surface area (TPSA) is 35.6 Å². The number of piperazine rings is 1. The van der Waals surface area contributed by atoms with Gasteiger partial charge in [-0.25, -0.2) is 0 Å². The van der Waals surface area contributed by atoms with E-state index in [0.29, 0.717) is 24.0 Å². The average Bonchev–Trinajstić information content (AvgIpc) is 2.34. The predicted octanol–water partition coefficient (Wildman–Crippen LogP) is 0.926. The van der Waals surface area contributed by atoms with Gasteiger partial charge in [0, 0.05) is 37.1 Å². The molecule has 0 bridgehead atoms. The van der Waals surface area contributed by atoms with Crippen LogP contribution in [-0.4, -0.2) is 60.5 Å². The maximum atomic E-state index is 12.6. The van der Waals surface area contributed by atoms with Crippen LogP contribution >= 0.6 is 0 Å². The van der Waals surface area contributed by atoms with Crippen molar-refractivity contribution in [1.29, 1.82) is 0 Å². The van der Waals surface area contributed by atoms with Crippen molar-refractivity contribution in [2.45, 2.75) is 51.7 Å². The first kappa shape index (κ1) is 13.8. The molecule has 4 unspecified atom stereocenters. The number of carbonyl (C=O) groups excluding carboxylic acids is 1. The van der Waals surface area contributed by atoms with Crippen LogP contribution in [0.4, 0.5) is 0 Å². The first-order valence-corrected chi connectivity index (χ1v) is 7.23. The largest absolute Gasteiger partial charge is 0.339 e. The Labute approximate surface area is 111 Å². The summed E-state index contributed by atoms with van der Waals surface area (Å²) in [5, 5.41) is 3.42. The summed E-state index contributed by atoms with van der Waals surface area (Å²) in [7, 11) is 2.16. The lowest BCUT2D eigenvalue weighted by molar-refractivity contribution is -0.140. The number of hydrogen-bond donors (Lipinski definition) is 1. The summed E-state index contributed by atoms with van der Waals surface area (Å²) >= 11 is 0. The minimum absolute atomic E-state index is 0.240. The van der Waals surface area contributed by atoms with Crippen molar-refractivity contribution in [2.24, 2.45) is 5.92 Å². The minimum Gasteiger partial charge on any atom is -0.339 e. The van der Waals surface area contributed by atoms with Crippen LogP contribution in [0.15, 0.2) is 0 Å². The Kier molecular flexibility index (Phi) is 4.28. The van der Waals surface area contributed by atoms with Crippen LogP contribution in [0.3, 0.4) is 0 Å². The molecule has 1 N–H and O–H groups in total. The standard InChI is InChI=1S/C14H27N3O/c1-10-7-13(5-6-15-10)14(18)17-8-11(2)16(4)12(3)9-17/h10-13,15H,5-9H2,1-4H3. The molecule has 0 aromatic carbocycles. The molecule has 1 amide bonds. The molecule has 2 fully saturated rings. The maximum Gasteiger partial charge on any atom is 0.225 e. The number of amides is 1. The highest BCUT2D eigenvalue weighted by Crippen LogP contribution is 2.22. The molecule has 4 atom stereocenters. The molecule has 2 saturated heterocycles. The highest BCUT2D eigenvalue weighted by Gasteiger charge is 2.34. The van der Waals surface area contributed by atoms with Gasteiger partial charge in [-0.15, -0.1) is 0 Å². The number of piperidine rings is 1. The van der Waals surface area contributed by atoms with E-state index in [0.717, 1.165) is 32.5 Å². The smallest absolute Gasteiger partial charge is 0.225 e. The van der Waals surface area contributed by atoms with Crippen LogP contribution in [0.25, 0.3) is 0 Å². The molecule has 2 aliphatic rings. The van der Waals surface area contributed by atoms with Crippen molar-refractivity contribution >= 4 is 5.91 Å². The highest BCUT2D eigenvalue weighted by atomic mass is 16.2. The van der Waals surface area contributed by atoms with E-state index in [4.69, 9.17) is 0 Å². The van der Waals surface area contributed by atoms with Gasteiger partial charge in [0.25, 0.3) is 0 Å². The molecule has 0 aliphatic carbocycles. The second-order valence-corrected chi connectivity index (χ2v) is 6.18. The van der Waals surface area contributed by atoms with E-state index in [1.165, 1.54) is 0 Å². The number of carbonyl (C=O) groups is 1. The Morgan fingerprint density at radius 2 is 1.78 bits per heavy atom. The molecule has 0 spiro atoms. The summed E-state index contributed by atoms with van der Waals surface area (Å²) in [5.74, 6) is 0.624. The Morgan fingerprint density at radius 1 is 1.17 bits per heavy atom. The molecule has 0 radical (unpaired) electrons. The zero-order valence-corrected chi connectivity index (χ0v) is 12.1. The molecule has 4 heteroatoms. The van der Waals surface area contributed by atoms with Gasteiger partial charge in [0.1, 0.15) is 0 Å². The SMILES string of the molecule is CC1CC(C(=O)N2CC(C)N(C)C(C)C2)CCN1. The van der Waals surface area contributed by atoms with E-state index in [1.807, 2.05) is 0 Å². The Balaban J connectivity index is 1.96. The van der Waals surface area contributed by atoms with Gasteiger partial charge in [0.05, 0.1) is 0 Å². The Morgan fingerprint density at radius 3 is 2.33 bits per heavy atom. The zero-order valence-electron chi connectivity index (χ0n) is 12.1. The fraction of sp³-hybridized carbons (Fsp3) is 0.929. The van der Waals surface area contributed by atoms with Gasteiger partial charge in [0.15, 0.2) is 0 Å². The third kappa shape index (κ3) is 2.86. The molecule has 2 heterocycles. The van der Waals surface area contributed by atoms with Crippen LogP contribution in [0.2, 0.25) is 0 Å². The Hall–Kier alpha value is -0.610. The maximum absolute atomic E-state index is 12.6. The number of nitrogens with zero attached hydrogens (tertiary/aromatic N) is 2. The second-order valence-electron chi connectivity index (χ2n) is 6.18. The van der Waals surface area contributed by atoms with Gasteiger partial charge in [-0.1, -0.05) is 0 Å². The minimum atomic E-state index is 0.240. The lowest BCUT2D eigenvalue weighted by atomic mass is 9.91. The predicted molar refractivity (Wildman–Crippen MR) is 73.5 cm³/mol. The van der Waals surface area contributed by atoms with E-state index in [1.54, 1.807) is 0 Å². The summed E-state index contributed by atoms with van der Waals surface area (Å²) in [6.07, 6.45) is 1.99.